The number of halogens is 1. The summed E-state index contributed by atoms with van der Waals surface area (Å²) in [5, 5.41) is 12.0. The second-order valence-corrected chi connectivity index (χ2v) is 8.00. The molecule has 0 radical (unpaired) electrons. The summed E-state index contributed by atoms with van der Waals surface area (Å²) in [6.45, 7) is 2.59. The molecule has 4 rings (SSSR count). The Morgan fingerprint density at radius 2 is 1.84 bits per heavy atom. The maximum absolute atomic E-state index is 14.1. The zero-order chi connectivity index (χ0) is 21.7. The molecule has 3 aromatic carbocycles. The predicted octanol–water partition coefficient (Wildman–Crippen LogP) is 4.17. The van der Waals surface area contributed by atoms with Gasteiger partial charge in [-0.2, -0.15) is 0 Å². The first-order valence-electron chi connectivity index (χ1n) is 10.6. The van der Waals surface area contributed by atoms with Crippen LogP contribution < -0.4 is 4.74 Å². The molecule has 1 saturated heterocycles. The highest BCUT2D eigenvalue weighted by Gasteiger charge is 2.42. The average molecular weight is 422 g/mol. The third-order valence-electron chi connectivity index (χ3n) is 5.91. The lowest BCUT2D eigenvalue weighted by Crippen LogP contribution is -2.53. The standard InChI is InChI=1S/C26H28FNO3/c1-30-24-13-6-5-10-21(24)17-26(29,22-11-7-12-23(27)16-22)25-19-28(14-15-31-25)18-20-8-3-2-4-9-20/h2-13,16,25,29H,14-15,17-19H2,1H3/t25?,26-/m1/s1. The van der Waals surface area contributed by atoms with Crippen LogP contribution in [0.25, 0.3) is 0 Å². The summed E-state index contributed by atoms with van der Waals surface area (Å²) >= 11 is 0. The summed E-state index contributed by atoms with van der Waals surface area (Å²) in [7, 11) is 1.61. The monoisotopic (exact) mass is 421 g/mol. The molecule has 0 amide bonds. The van der Waals surface area contributed by atoms with Gasteiger partial charge in [-0.3, -0.25) is 4.90 Å². The van der Waals surface area contributed by atoms with Crippen molar-refractivity contribution >= 4 is 0 Å². The van der Waals surface area contributed by atoms with Crippen LogP contribution >= 0.6 is 0 Å². The highest BCUT2D eigenvalue weighted by molar-refractivity contribution is 5.37. The number of hydrogen-bond acceptors (Lipinski definition) is 4. The fourth-order valence-corrected chi connectivity index (χ4v) is 4.28. The molecule has 2 atom stereocenters. The van der Waals surface area contributed by atoms with Crippen molar-refractivity contribution in [2.45, 2.75) is 24.7 Å². The number of hydrogen-bond donors (Lipinski definition) is 1. The Morgan fingerprint density at radius 1 is 1.06 bits per heavy atom. The van der Waals surface area contributed by atoms with Crippen molar-refractivity contribution in [3.63, 3.8) is 0 Å². The van der Waals surface area contributed by atoms with Crippen LogP contribution in [0.3, 0.4) is 0 Å². The summed E-state index contributed by atoms with van der Waals surface area (Å²) in [6, 6.07) is 24.0. The molecule has 0 saturated carbocycles. The Labute approximate surface area is 182 Å². The van der Waals surface area contributed by atoms with Crippen molar-refractivity contribution in [1.82, 2.24) is 4.90 Å². The van der Waals surface area contributed by atoms with Crippen LogP contribution in [0.4, 0.5) is 4.39 Å². The zero-order valence-corrected chi connectivity index (χ0v) is 17.7. The first-order valence-corrected chi connectivity index (χ1v) is 10.6. The van der Waals surface area contributed by atoms with E-state index < -0.39 is 11.7 Å². The van der Waals surface area contributed by atoms with Crippen LogP contribution in [-0.4, -0.2) is 42.9 Å². The van der Waals surface area contributed by atoms with E-state index in [9.17, 15) is 9.50 Å². The van der Waals surface area contributed by atoms with Gasteiger partial charge in [-0.15, -0.1) is 0 Å². The van der Waals surface area contributed by atoms with Crippen molar-refractivity contribution in [1.29, 1.82) is 0 Å². The quantitative estimate of drug-likeness (QED) is 0.622. The molecule has 1 heterocycles. The Morgan fingerprint density at radius 3 is 2.61 bits per heavy atom. The summed E-state index contributed by atoms with van der Waals surface area (Å²) < 4.78 is 25.7. The van der Waals surface area contributed by atoms with Gasteiger partial charge in [0.05, 0.1) is 13.7 Å². The van der Waals surface area contributed by atoms with Crippen LogP contribution in [0.2, 0.25) is 0 Å². The zero-order valence-electron chi connectivity index (χ0n) is 17.7. The second-order valence-electron chi connectivity index (χ2n) is 8.00. The van der Waals surface area contributed by atoms with E-state index in [-0.39, 0.29) is 12.2 Å². The van der Waals surface area contributed by atoms with Crippen molar-refractivity contribution in [2.24, 2.45) is 0 Å². The molecule has 1 unspecified atom stereocenters. The fraction of sp³-hybridized carbons (Fsp3) is 0.308. The van der Waals surface area contributed by atoms with E-state index in [1.165, 1.54) is 17.7 Å². The van der Waals surface area contributed by atoms with Gasteiger partial charge in [0.15, 0.2) is 0 Å². The maximum Gasteiger partial charge on any atom is 0.123 e. The number of benzene rings is 3. The minimum atomic E-state index is -1.41. The molecule has 0 bridgehead atoms. The van der Waals surface area contributed by atoms with Crippen LogP contribution in [0.5, 0.6) is 5.75 Å². The Bertz CT molecular complexity index is 997. The molecule has 1 aliphatic heterocycles. The molecule has 31 heavy (non-hydrogen) atoms. The van der Waals surface area contributed by atoms with E-state index in [0.717, 1.165) is 18.7 Å². The number of morpholine rings is 1. The van der Waals surface area contributed by atoms with Gasteiger partial charge >= 0.3 is 0 Å². The molecular weight excluding hydrogens is 393 g/mol. The van der Waals surface area contributed by atoms with Crippen molar-refractivity contribution in [2.75, 3.05) is 26.8 Å². The van der Waals surface area contributed by atoms with Gasteiger partial charge in [0.25, 0.3) is 0 Å². The van der Waals surface area contributed by atoms with Gasteiger partial charge in [0, 0.05) is 26.1 Å². The number of nitrogens with zero attached hydrogens (tertiary/aromatic N) is 1. The molecule has 0 spiro atoms. The van der Waals surface area contributed by atoms with Gasteiger partial charge in [-0.05, 0) is 34.9 Å². The van der Waals surface area contributed by atoms with E-state index in [1.54, 1.807) is 19.2 Å². The van der Waals surface area contributed by atoms with Crippen LogP contribution in [-0.2, 0) is 23.3 Å². The van der Waals surface area contributed by atoms with Crippen molar-refractivity contribution in [3.8, 4) is 5.75 Å². The molecule has 1 N–H and O–H groups in total. The van der Waals surface area contributed by atoms with Gasteiger partial charge < -0.3 is 14.6 Å². The molecule has 5 heteroatoms. The second kappa shape index (κ2) is 9.60. The fourth-order valence-electron chi connectivity index (χ4n) is 4.28. The van der Waals surface area contributed by atoms with Crippen LogP contribution in [0.1, 0.15) is 16.7 Å². The van der Waals surface area contributed by atoms with E-state index in [4.69, 9.17) is 9.47 Å². The highest BCUT2D eigenvalue weighted by atomic mass is 19.1. The molecule has 4 nitrogen and oxygen atoms in total. The molecule has 3 aromatic rings. The number of aliphatic hydroxyl groups is 1. The number of ether oxygens (including phenoxy) is 2. The lowest BCUT2D eigenvalue weighted by Gasteiger charge is -2.42. The smallest absolute Gasteiger partial charge is 0.123 e. The molecule has 1 aliphatic rings. The summed E-state index contributed by atoms with van der Waals surface area (Å²) in [5.41, 5.74) is 1.15. The molecule has 162 valence electrons. The van der Waals surface area contributed by atoms with E-state index >= 15 is 0 Å². The molecular formula is C26H28FNO3. The van der Waals surface area contributed by atoms with Gasteiger partial charge in [0.1, 0.15) is 23.3 Å². The lowest BCUT2D eigenvalue weighted by molar-refractivity contribution is -0.150. The van der Waals surface area contributed by atoms with E-state index in [2.05, 4.69) is 17.0 Å². The van der Waals surface area contributed by atoms with Crippen LogP contribution in [0, 0.1) is 5.82 Å². The third-order valence-corrected chi connectivity index (χ3v) is 5.91. The van der Waals surface area contributed by atoms with Crippen LogP contribution in [0.15, 0.2) is 78.9 Å². The number of rotatable bonds is 7. The molecule has 0 aromatic heterocycles. The maximum atomic E-state index is 14.1. The minimum absolute atomic E-state index is 0.254. The Balaban J connectivity index is 1.65. The Hall–Kier alpha value is -2.73. The third kappa shape index (κ3) is 4.96. The summed E-state index contributed by atoms with van der Waals surface area (Å²) in [6.07, 6.45) is -0.263. The summed E-state index contributed by atoms with van der Waals surface area (Å²) in [4.78, 5) is 2.27. The summed E-state index contributed by atoms with van der Waals surface area (Å²) in [5.74, 6) is 0.308. The first-order chi connectivity index (χ1) is 15.1. The molecule has 0 aliphatic carbocycles. The highest BCUT2D eigenvalue weighted by Crippen LogP contribution is 2.36. The van der Waals surface area contributed by atoms with E-state index in [0.29, 0.717) is 24.5 Å². The predicted molar refractivity (Wildman–Crippen MR) is 118 cm³/mol. The number of methoxy groups -OCH3 is 1. The largest absolute Gasteiger partial charge is 0.496 e. The van der Waals surface area contributed by atoms with Crippen molar-refractivity contribution in [3.05, 3.63) is 101 Å². The van der Waals surface area contributed by atoms with Crippen molar-refractivity contribution < 1.29 is 19.0 Å². The minimum Gasteiger partial charge on any atom is -0.496 e. The first kappa shape index (κ1) is 21.5. The molecule has 1 fully saturated rings. The SMILES string of the molecule is COc1ccccc1C[C@@](O)(c1cccc(F)c1)C1CN(Cc2ccccc2)CCO1. The lowest BCUT2D eigenvalue weighted by atomic mass is 9.81. The average Bonchev–Trinajstić information content (AvgIpc) is 2.80. The van der Waals surface area contributed by atoms with Gasteiger partial charge in [-0.25, -0.2) is 4.39 Å². The number of para-hydroxylation sites is 1. The van der Waals surface area contributed by atoms with Gasteiger partial charge in [-0.1, -0.05) is 60.7 Å². The van der Waals surface area contributed by atoms with Gasteiger partial charge in [0.2, 0.25) is 0 Å². The topological polar surface area (TPSA) is 41.9 Å². The van der Waals surface area contributed by atoms with E-state index in [1.807, 2.05) is 42.5 Å². The normalized spacial score (nSPS) is 19.0. The Kier molecular flexibility index (Phi) is 6.66.